The third-order valence-corrected chi connectivity index (χ3v) is 4.71. The molecule has 158 valence electrons. The van der Waals surface area contributed by atoms with E-state index >= 15 is 0 Å². The Kier molecular flexibility index (Phi) is 16.9. The second-order valence-electron chi connectivity index (χ2n) is 7.17. The summed E-state index contributed by atoms with van der Waals surface area (Å²) in [6.45, 7) is 10.9. The van der Waals surface area contributed by atoms with Gasteiger partial charge in [-0.05, 0) is 25.2 Å². The van der Waals surface area contributed by atoms with Crippen molar-refractivity contribution in [2.24, 2.45) is 5.92 Å². The molecule has 5 heteroatoms. The fourth-order valence-corrected chi connectivity index (χ4v) is 2.81. The molecule has 0 spiro atoms. The highest BCUT2D eigenvalue weighted by molar-refractivity contribution is 5.81. The second-order valence-corrected chi connectivity index (χ2v) is 7.17. The maximum atomic E-state index is 12.2. The average Bonchev–Trinajstić information content (AvgIpc) is 2.67. The topological polar surface area (TPSA) is 64.6 Å². The van der Waals surface area contributed by atoms with E-state index in [1.807, 2.05) is 0 Å². The Morgan fingerprint density at radius 1 is 0.963 bits per heavy atom. The van der Waals surface area contributed by atoms with E-state index in [0.29, 0.717) is 25.6 Å². The minimum absolute atomic E-state index is 0.331. The van der Waals surface area contributed by atoms with Gasteiger partial charge in [-0.25, -0.2) is 9.59 Å². The Morgan fingerprint density at radius 2 is 1.63 bits per heavy atom. The molecule has 0 aliphatic heterocycles. The van der Waals surface area contributed by atoms with Gasteiger partial charge in [0.15, 0.2) is 0 Å². The van der Waals surface area contributed by atoms with Crippen LogP contribution >= 0.6 is 0 Å². The number of unbranched alkanes of at least 4 members (excludes halogenated alkanes) is 6. The minimum Gasteiger partial charge on any atom is -0.464 e. The highest BCUT2D eigenvalue weighted by atomic mass is 16.6. The minimum atomic E-state index is -0.731. The first-order valence-electron chi connectivity index (χ1n) is 10.8. The summed E-state index contributed by atoms with van der Waals surface area (Å²) < 4.78 is 10.6. The van der Waals surface area contributed by atoms with Gasteiger partial charge in [-0.15, -0.1) is 6.58 Å². The summed E-state index contributed by atoms with van der Waals surface area (Å²) in [5, 5.41) is 2.62. The SMILES string of the molecule is C=CCC(NC(=O)OCC(CC)CCCC)C(=O)OCCCCCCCC. The van der Waals surface area contributed by atoms with Gasteiger partial charge in [-0.3, -0.25) is 0 Å². The zero-order chi connectivity index (χ0) is 20.3. The summed E-state index contributed by atoms with van der Waals surface area (Å²) in [4.78, 5) is 24.2. The number of nitrogens with one attached hydrogen (secondary N) is 1. The molecule has 0 aliphatic carbocycles. The molecule has 2 atom stereocenters. The van der Waals surface area contributed by atoms with Crippen LogP contribution in [-0.4, -0.2) is 31.3 Å². The summed E-state index contributed by atoms with van der Waals surface area (Å²) in [5.41, 5.74) is 0. The molecular weight excluding hydrogens is 342 g/mol. The van der Waals surface area contributed by atoms with Crippen LogP contribution in [0.3, 0.4) is 0 Å². The van der Waals surface area contributed by atoms with Crippen LogP contribution in [0.4, 0.5) is 4.79 Å². The number of alkyl carbamates (subject to hydrolysis) is 1. The first-order valence-corrected chi connectivity index (χ1v) is 10.8. The van der Waals surface area contributed by atoms with Crippen molar-refractivity contribution >= 4 is 12.1 Å². The first kappa shape index (κ1) is 25.5. The van der Waals surface area contributed by atoms with Crippen LogP contribution < -0.4 is 5.32 Å². The molecular formula is C22H41NO4. The molecule has 0 aromatic heterocycles. The lowest BCUT2D eigenvalue weighted by Crippen LogP contribution is -2.42. The summed E-state index contributed by atoms with van der Waals surface area (Å²) in [6, 6.07) is -0.731. The molecule has 0 rings (SSSR count). The van der Waals surface area contributed by atoms with Gasteiger partial charge in [0.2, 0.25) is 0 Å². The molecule has 0 saturated carbocycles. The first-order chi connectivity index (χ1) is 13.1. The Balaban J connectivity index is 4.15. The standard InChI is InChI=1S/C22H41NO4/c1-5-9-11-12-13-14-17-26-21(24)20(15-7-3)23-22(25)27-18-19(8-4)16-10-6-2/h7,19-20H,3,5-6,8-18H2,1-2,4H3,(H,23,25). The van der Waals surface area contributed by atoms with Gasteiger partial charge in [0.1, 0.15) is 6.04 Å². The van der Waals surface area contributed by atoms with Crippen molar-refractivity contribution < 1.29 is 19.1 Å². The second kappa shape index (κ2) is 17.9. The van der Waals surface area contributed by atoms with Gasteiger partial charge in [0, 0.05) is 0 Å². The molecule has 0 aromatic rings. The van der Waals surface area contributed by atoms with Crippen LogP contribution in [0, 0.1) is 5.92 Å². The number of amides is 1. The average molecular weight is 384 g/mol. The smallest absolute Gasteiger partial charge is 0.407 e. The predicted molar refractivity (Wildman–Crippen MR) is 111 cm³/mol. The van der Waals surface area contributed by atoms with Crippen LogP contribution in [0.5, 0.6) is 0 Å². The van der Waals surface area contributed by atoms with Crippen molar-refractivity contribution in [3.63, 3.8) is 0 Å². The van der Waals surface area contributed by atoms with Gasteiger partial charge >= 0.3 is 12.1 Å². The van der Waals surface area contributed by atoms with Crippen LogP contribution in [-0.2, 0) is 14.3 Å². The van der Waals surface area contributed by atoms with Gasteiger partial charge in [-0.1, -0.05) is 78.2 Å². The van der Waals surface area contributed by atoms with Crippen molar-refractivity contribution in [2.45, 2.75) is 97.4 Å². The van der Waals surface area contributed by atoms with E-state index in [0.717, 1.165) is 38.5 Å². The summed E-state index contributed by atoms with van der Waals surface area (Å²) in [7, 11) is 0. The third-order valence-electron chi connectivity index (χ3n) is 4.71. The zero-order valence-electron chi connectivity index (χ0n) is 17.8. The molecule has 0 bridgehead atoms. The lowest BCUT2D eigenvalue weighted by atomic mass is 10.0. The van der Waals surface area contributed by atoms with E-state index in [1.54, 1.807) is 6.08 Å². The van der Waals surface area contributed by atoms with Crippen molar-refractivity contribution in [3.8, 4) is 0 Å². The molecule has 27 heavy (non-hydrogen) atoms. The lowest BCUT2D eigenvalue weighted by molar-refractivity contribution is -0.146. The fraction of sp³-hybridized carbons (Fsp3) is 0.818. The largest absolute Gasteiger partial charge is 0.464 e. The zero-order valence-corrected chi connectivity index (χ0v) is 17.8. The van der Waals surface area contributed by atoms with Crippen molar-refractivity contribution in [1.29, 1.82) is 0 Å². The van der Waals surface area contributed by atoms with Crippen LogP contribution in [0.25, 0.3) is 0 Å². The Morgan fingerprint density at radius 3 is 2.26 bits per heavy atom. The summed E-state index contributed by atoms with van der Waals surface area (Å²) >= 11 is 0. The van der Waals surface area contributed by atoms with Gasteiger partial charge < -0.3 is 14.8 Å². The van der Waals surface area contributed by atoms with Crippen molar-refractivity contribution in [1.82, 2.24) is 5.32 Å². The quantitative estimate of drug-likeness (QED) is 0.196. The number of esters is 1. The molecule has 1 N–H and O–H groups in total. The highest BCUT2D eigenvalue weighted by Gasteiger charge is 2.22. The monoisotopic (exact) mass is 383 g/mol. The molecule has 0 fully saturated rings. The number of rotatable bonds is 17. The fourth-order valence-electron chi connectivity index (χ4n) is 2.81. The molecule has 0 aromatic carbocycles. The molecule has 0 radical (unpaired) electrons. The van der Waals surface area contributed by atoms with Gasteiger partial charge in [0.25, 0.3) is 0 Å². The Bertz CT molecular complexity index is 398. The molecule has 1 amide bonds. The highest BCUT2D eigenvalue weighted by Crippen LogP contribution is 2.13. The van der Waals surface area contributed by atoms with E-state index in [9.17, 15) is 9.59 Å². The number of hydrogen-bond acceptors (Lipinski definition) is 4. The van der Waals surface area contributed by atoms with E-state index in [-0.39, 0.29) is 0 Å². The number of hydrogen-bond donors (Lipinski definition) is 1. The van der Waals surface area contributed by atoms with Crippen LogP contribution in [0.2, 0.25) is 0 Å². The van der Waals surface area contributed by atoms with Crippen LogP contribution in [0.15, 0.2) is 12.7 Å². The molecule has 2 unspecified atom stereocenters. The Labute approximate surface area is 166 Å². The van der Waals surface area contributed by atoms with Crippen molar-refractivity contribution in [3.05, 3.63) is 12.7 Å². The lowest BCUT2D eigenvalue weighted by Gasteiger charge is -2.18. The molecule has 5 nitrogen and oxygen atoms in total. The van der Waals surface area contributed by atoms with Crippen molar-refractivity contribution in [2.75, 3.05) is 13.2 Å². The molecule has 0 saturated heterocycles. The summed E-state index contributed by atoms with van der Waals surface area (Å²) in [5.74, 6) is -0.0494. The molecule has 0 heterocycles. The Hall–Kier alpha value is -1.52. The maximum Gasteiger partial charge on any atom is 0.407 e. The molecule has 0 aliphatic rings. The van der Waals surface area contributed by atoms with E-state index in [4.69, 9.17) is 9.47 Å². The number of carbonyl (C=O) groups is 2. The van der Waals surface area contributed by atoms with Crippen LogP contribution in [0.1, 0.15) is 91.4 Å². The normalized spacial score (nSPS) is 12.9. The van der Waals surface area contributed by atoms with E-state index in [1.165, 1.54) is 25.7 Å². The van der Waals surface area contributed by atoms with Gasteiger partial charge in [-0.2, -0.15) is 0 Å². The number of ether oxygens (including phenoxy) is 2. The predicted octanol–water partition coefficient (Wildman–Crippen LogP) is 5.78. The van der Waals surface area contributed by atoms with Gasteiger partial charge in [0.05, 0.1) is 13.2 Å². The van der Waals surface area contributed by atoms with E-state index < -0.39 is 18.1 Å². The number of carbonyl (C=O) groups excluding carboxylic acids is 2. The third kappa shape index (κ3) is 14.2. The maximum absolute atomic E-state index is 12.2. The summed E-state index contributed by atoms with van der Waals surface area (Å²) in [6.07, 6.45) is 12.5. The van der Waals surface area contributed by atoms with E-state index in [2.05, 4.69) is 32.7 Å².